The first kappa shape index (κ1) is 33.1. The lowest BCUT2D eigenvalue weighted by atomic mass is 10.1. The highest BCUT2D eigenvalue weighted by atomic mass is 19.4. The van der Waals surface area contributed by atoms with Crippen molar-refractivity contribution in [3.8, 4) is 0 Å². The number of halogens is 6. The Morgan fingerprint density at radius 2 is 1.53 bits per heavy atom. The standard InChI is InChI=1S/C17H29N5O2.2C2HF3O2/c1-3-24-14-17(23)22-12-15(10-20-8-6-19(2)7-9-20)11-21-5-4-18-16(21)13-22;2*3-2(4,5)1(6)7/h4-5,15H,3,6-14H2,1-2H3;2*(H,6,7). The van der Waals surface area contributed by atoms with Gasteiger partial charge in [-0.3, -0.25) is 4.79 Å². The van der Waals surface area contributed by atoms with Gasteiger partial charge >= 0.3 is 24.3 Å². The summed E-state index contributed by atoms with van der Waals surface area (Å²) in [6, 6.07) is 0. The van der Waals surface area contributed by atoms with Crippen LogP contribution in [0.25, 0.3) is 0 Å². The highest BCUT2D eigenvalue weighted by Gasteiger charge is 2.39. The molecule has 1 aromatic heterocycles. The zero-order valence-electron chi connectivity index (χ0n) is 20.8. The van der Waals surface area contributed by atoms with Crippen LogP contribution in [0.4, 0.5) is 26.3 Å². The van der Waals surface area contributed by atoms with Crippen LogP contribution in [0.5, 0.6) is 0 Å². The molecule has 2 N–H and O–H groups in total. The number of likely N-dealkylation sites (N-methyl/N-ethyl adjacent to an activating group) is 1. The van der Waals surface area contributed by atoms with Crippen LogP contribution in [-0.2, 0) is 32.2 Å². The van der Waals surface area contributed by atoms with E-state index in [1.165, 1.54) is 0 Å². The van der Waals surface area contributed by atoms with Gasteiger partial charge in [-0.05, 0) is 14.0 Å². The third kappa shape index (κ3) is 12.1. The quantitative estimate of drug-likeness (QED) is 0.511. The lowest BCUT2D eigenvalue weighted by Crippen LogP contribution is -2.48. The minimum absolute atomic E-state index is 0.0664. The predicted molar refractivity (Wildman–Crippen MR) is 119 cm³/mol. The number of carboxylic acid groups (broad SMARTS) is 2. The van der Waals surface area contributed by atoms with Crippen LogP contribution in [0.2, 0.25) is 0 Å². The molecule has 0 aromatic carbocycles. The number of alkyl halides is 6. The zero-order valence-corrected chi connectivity index (χ0v) is 20.8. The fraction of sp³-hybridized carbons (Fsp3) is 0.714. The molecule has 1 unspecified atom stereocenters. The summed E-state index contributed by atoms with van der Waals surface area (Å²) in [5.41, 5.74) is 0. The molecular weight excluding hydrogens is 532 g/mol. The minimum atomic E-state index is -5.08. The van der Waals surface area contributed by atoms with Gasteiger partial charge in [-0.2, -0.15) is 26.3 Å². The zero-order chi connectivity index (χ0) is 29.1. The fourth-order valence-electron chi connectivity index (χ4n) is 3.52. The van der Waals surface area contributed by atoms with Gasteiger partial charge in [-0.1, -0.05) is 0 Å². The second-order valence-electron chi connectivity index (χ2n) is 8.48. The van der Waals surface area contributed by atoms with Crippen LogP contribution in [0.3, 0.4) is 0 Å². The topological polar surface area (TPSA) is 128 Å². The molecule has 0 saturated carbocycles. The monoisotopic (exact) mass is 563 g/mol. The van der Waals surface area contributed by atoms with E-state index in [0.717, 1.165) is 51.6 Å². The Morgan fingerprint density at radius 1 is 1.00 bits per heavy atom. The van der Waals surface area contributed by atoms with Gasteiger partial charge in [0.25, 0.3) is 0 Å². The van der Waals surface area contributed by atoms with E-state index in [1.54, 1.807) is 0 Å². The summed E-state index contributed by atoms with van der Waals surface area (Å²) in [6.07, 6.45) is -6.30. The number of piperazine rings is 1. The third-order valence-corrected chi connectivity index (χ3v) is 5.45. The molecule has 3 heterocycles. The van der Waals surface area contributed by atoms with E-state index >= 15 is 0 Å². The molecule has 1 aromatic rings. The van der Waals surface area contributed by atoms with E-state index < -0.39 is 24.3 Å². The number of nitrogens with zero attached hydrogens (tertiary/aromatic N) is 5. The maximum atomic E-state index is 12.5. The summed E-state index contributed by atoms with van der Waals surface area (Å²) in [4.78, 5) is 41.5. The Hall–Kier alpha value is -2.92. The largest absolute Gasteiger partial charge is 0.490 e. The number of carbonyl (C=O) groups is 3. The van der Waals surface area contributed by atoms with E-state index in [0.29, 0.717) is 19.1 Å². The highest BCUT2D eigenvalue weighted by molar-refractivity contribution is 5.77. The number of hydrogen-bond donors (Lipinski definition) is 2. The molecule has 0 spiro atoms. The van der Waals surface area contributed by atoms with Gasteiger partial charge in [0, 0.05) is 70.7 Å². The van der Waals surface area contributed by atoms with E-state index in [-0.39, 0.29) is 12.5 Å². The van der Waals surface area contributed by atoms with Gasteiger partial charge in [0.2, 0.25) is 5.91 Å². The number of carboxylic acids is 2. The molecule has 1 saturated heterocycles. The van der Waals surface area contributed by atoms with Crippen LogP contribution < -0.4 is 0 Å². The van der Waals surface area contributed by atoms with Crippen molar-refractivity contribution in [1.82, 2.24) is 24.3 Å². The number of rotatable bonds is 5. The SMILES string of the molecule is CCOCC(=O)N1Cc2nccn2CC(CN2CCN(C)CC2)C1.O=C(O)C(F)(F)F.O=C(O)C(F)(F)F. The molecule has 2 aliphatic heterocycles. The Morgan fingerprint density at radius 3 is 2.00 bits per heavy atom. The highest BCUT2D eigenvalue weighted by Crippen LogP contribution is 2.18. The molecule has 218 valence electrons. The van der Waals surface area contributed by atoms with Gasteiger partial charge in [0.1, 0.15) is 12.4 Å². The van der Waals surface area contributed by atoms with E-state index in [4.69, 9.17) is 24.5 Å². The summed E-state index contributed by atoms with van der Waals surface area (Å²) >= 11 is 0. The molecule has 0 aliphatic carbocycles. The van der Waals surface area contributed by atoms with Crippen LogP contribution in [0.1, 0.15) is 12.7 Å². The average molecular weight is 563 g/mol. The van der Waals surface area contributed by atoms with Crippen molar-refractivity contribution in [2.24, 2.45) is 5.92 Å². The first-order valence-corrected chi connectivity index (χ1v) is 11.4. The molecule has 17 heteroatoms. The molecule has 0 radical (unpaired) electrons. The fourth-order valence-corrected chi connectivity index (χ4v) is 3.52. The molecule has 0 bridgehead atoms. The average Bonchev–Trinajstić information content (AvgIpc) is 3.16. The predicted octanol–water partition coefficient (Wildman–Crippen LogP) is 1.39. The summed E-state index contributed by atoms with van der Waals surface area (Å²) in [5, 5.41) is 14.2. The van der Waals surface area contributed by atoms with Crippen LogP contribution in [0.15, 0.2) is 12.4 Å². The summed E-state index contributed by atoms with van der Waals surface area (Å²) < 4.78 is 71.0. The molecule has 3 rings (SSSR count). The van der Waals surface area contributed by atoms with Crippen molar-refractivity contribution in [1.29, 1.82) is 0 Å². The number of fused-ring (bicyclic) bond motifs is 1. The minimum Gasteiger partial charge on any atom is -0.475 e. The van der Waals surface area contributed by atoms with Crippen molar-refractivity contribution in [2.45, 2.75) is 32.4 Å². The smallest absolute Gasteiger partial charge is 0.475 e. The van der Waals surface area contributed by atoms with Crippen molar-refractivity contribution in [3.63, 3.8) is 0 Å². The molecule has 1 atom stereocenters. The molecule has 1 fully saturated rings. The van der Waals surface area contributed by atoms with Gasteiger partial charge in [-0.25, -0.2) is 14.6 Å². The second kappa shape index (κ2) is 14.9. The van der Waals surface area contributed by atoms with E-state index in [2.05, 4.69) is 26.4 Å². The molecule has 11 nitrogen and oxygen atoms in total. The van der Waals surface area contributed by atoms with Gasteiger partial charge in [0.05, 0.1) is 6.54 Å². The number of aliphatic carboxylic acids is 2. The second-order valence-corrected chi connectivity index (χ2v) is 8.48. The van der Waals surface area contributed by atoms with Crippen molar-refractivity contribution < 1.29 is 55.7 Å². The van der Waals surface area contributed by atoms with E-state index in [1.807, 2.05) is 24.2 Å². The van der Waals surface area contributed by atoms with Gasteiger partial charge in [-0.15, -0.1) is 0 Å². The van der Waals surface area contributed by atoms with E-state index in [9.17, 15) is 31.1 Å². The first-order valence-electron chi connectivity index (χ1n) is 11.4. The van der Waals surface area contributed by atoms with Gasteiger partial charge < -0.3 is 34.2 Å². The molecule has 38 heavy (non-hydrogen) atoms. The third-order valence-electron chi connectivity index (χ3n) is 5.45. The maximum absolute atomic E-state index is 12.5. The molecular formula is C21H31F6N5O6. The Balaban J connectivity index is 0.000000426. The van der Waals surface area contributed by atoms with Crippen LogP contribution >= 0.6 is 0 Å². The number of hydrogen-bond acceptors (Lipinski definition) is 7. The number of carbonyl (C=O) groups excluding carboxylic acids is 1. The number of ether oxygens (including phenoxy) is 1. The number of imidazole rings is 1. The Bertz CT molecular complexity index is 878. The van der Waals surface area contributed by atoms with Gasteiger partial charge in [0.15, 0.2) is 0 Å². The van der Waals surface area contributed by atoms with Crippen molar-refractivity contribution in [3.05, 3.63) is 18.2 Å². The number of aromatic nitrogens is 2. The molecule has 2 aliphatic rings. The summed E-state index contributed by atoms with van der Waals surface area (Å²) in [7, 11) is 2.18. The van der Waals surface area contributed by atoms with Crippen molar-refractivity contribution in [2.75, 3.05) is 59.5 Å². The molecule has 1 amide bonds. The van der Waals surface area contributed by atoms with Crippen LogP contribution in [0, 0.1) is 5.92 Å². The first-order chi connectivity index (χ1) is 17.5. The number of amides is 1. The summed E-state index contributed by atoms with van der Waals surface area (Å²) in [6.45, 7) is 10.4. The maximum Gasteiger partial charge on any atom is 0.490 e. The normalized spacial score (nSPS) is 18.7. The lowest BCUT2D eigenvalue weighted by Gasteiger charge is -2.35. The lowest BCUT2D eigenvalue weighted by molar-refractivity contribution is -0.193. The Kier molecular flexibility index (Phi) is 13.0. The van der Waals surface area contributed by atoms with Crippen molar-refractivity contribution >= 4 is 17.8 Å². The summed E-state index contributed by atoms with van der Waals surface area (Å²) in [5.74, 6) is -4.05. The van der Waals surface area contributed by atoms with Crippen LogP contribution in [-0.4, -0.2) is 124 Å². The Labute approximate surface area is 214 Å².